The number of halogens is 2. The second-order valence-corrected chi connectivity index (χ2v) is 4.69. The van der Waals surface area contributed by atoms with Gasteiger partial charge in [-0.1, -0.05) is 0 Å². The highest BCUT2D eigenvalue weighted by molar-refractivity contribution is 9.10. The first-order chi connectivity index (χ1) is 7.20. The molecule has 1 fully saturated rings. The van der Waals surface area contributed by atoms with Crippen LogP contribution in [0.3, 0.4) is 0 Å². The number of benzene rings is 1. The fourth-order valence-electron chi connectivity index (χ4n) is 1.41. The minimum atomic E-state index is -0.291. The smallest absolute Gasteiger partial charge is 0.138 e. The van der Waals surface area contributed by atoms with Gasteiger partial charge in [0.1, 0.15) is 11.6 Å². The van der Waals surface area contributed by atoms with Crippen LogP contribution in [0.5, 0.6) is 5.75 Å². The molecule has 4 heteroatoms. The van der Waals surface area contributed by atoms with E-state index in [9.17, 15) is 4.39 Å². The Bertz CT molecular complexity index is 366. The molecule has 0 bridgehead atoms. The molecule has 0 aliphatic heterocycles. The van der Waals surface area contributed by atoms with Crippen LogP contribution >= 0.6 is 15.9 Å². The van der Waals surface area contributed by atoms with E-state index in [2.05, 4.69) is 15.9 Å². The Morgan fingerprint density at radius 1 is 1.47 bits per heavy atom. The third-order valence-electron chi connectivity index (χ3n) is 2.47. The Labute approximate surface area is 96.7 Å². The van der Waals surface area contributed by atoms with Gasteiger partial charge < -0.3 is 10.5 Å². The molecule has 1 aliphatic carbocycles. The van der Waals surface area contributed by atoms with E-state index in [0.717, 1.165) is 0 Å². The molecule has 0 amide bonds. The molecule has 0 saturated heterocycles. The highest BCUT2D eigenvalue weighted by Crippen LogP contribution is 2.34. The summed E-state index contributed by atoms with van der Waals surface area (Å²) in [6.07, 6.45) is 2.47. The van der Waals surface area contributed by atoms with Crippen LogP contribution in [-0.4, -0.2) is 6.61 Å². The largest absolute Gasteiger partial charge is 0.492 e. The summed E-state index contributed by atoms with van der Waals surface area (Å²) >= 11 is 3.29. The summed E-state index contributed by atoms with van der Waals surface area (Å²) in [5, 5.41) is 0. The molecule has 0 atom stereocenters. The molecule has 2 nitrogen and oxygen atoms in total. The Morgan fingerprint density at radius 2 is 2.20 bits per heavy atom. The molecule has 0 heterocycles. The lowest BCUT2D eigenvalue weighted by Crippen LogP contribution is -2.06. The van der Waals surface area contributed by atoms with Crippen molar-refractivity contribution in [2.75, 3.05) is 6.61 Å². The molecule has 0 unspecified atom stereocenters. The van der Waals surface area contributed by atoms with Crippen LogP contribution in [0.2, 0.25) is 0 Å². The van der Waals surface area contributed by atoms with Gasteiger partial charge in [0.05, 0.1) is 11.1 Å². The van der Waals surface area contributed by atoms with Gasteiger partial charge in [-0.3, -0.25) is 0 Å². The van der Waals surface area contributed by atoms with E-state index in [1.54, 1.807) is 0 Å². The van der Waals surface area contributed by atoms with Crippen LogP contribution in [0, 0.1) is 11.7 Å². The standard InChI is InChI=1S/C11H13BrFNO/c12-10-4-9(13)3-8(5-14)11(10)15-6-7-1-2-7/h3-4,7H,1-2,5-6,14H2. The third kappa shape index (κ3) is 2.69. The van der Waals surface area contributed by atoms with Gasteiger partial charge in [0.15, 0.2) is 0 Å². The Morgan fingerprint density at radius 3 is 2.80 bits per heavy atom. The topological polar surface area (TPSA) is 35.2 Å². The first-order valence-electron chi connectivity index (χ1n) is 5.01. The molecule has 1 aromatic carbocycles. The summed E-state index contributed by atoms with van der Waals surface area (Å²) in [6.45, 7) is 0.994. The third-order valence-corrected chi connectivity index (χ3v) is 3.05. The Hall–Kier alpha value is -0.610. The van der Waals surface area contributed by atoms with Crippen LogP contribution < -0.4 is 10.5 Å². The van der Waals surface area contributed by atoms with Crippen LogP contribution in [0.15, 0.2) is 16.6 Å². The second-order valence-electron chi connectivity index (χ2n) is 3.83. The second kappa shape index (κ2) is 4.49. The van der Waals surface area contributed by atoms with Crippen LogP contribution in [0.1, 0.15) is 18.4 Å². The van der Waals surface area contributed by atoms with Gasteiger partial charge in [0.2, 0.25) is 0 Å². The molecule has 1 aliphatic rings. The minimum absolute atomic E-state index is 0.288. The van der Waals surface area contributed by atoms with E-state index in [1.165, 1.54) is 25.0 Å². The fourth-order valence-corrected chi connectivity index (χ4v) is 2.00. The van der Waals surface area contributed by atoms with Gasteiger partial charge in [0, 0.05) is 12.1 Å². The molecule has 82 valence electrons. The van der Waals surface area contributed by atoms with E-state index in [-0.39, 0.29) is 12.4 Å². The van der Waals surface area contributed by atoms with E-state index >= 15 is 0 Å². The number of hydrogen-bond acceptors (Lipinski definition) is 2. The zero-order valence-electron chi connectivity index (χ0n) is 8.30. The number of hydrogen-bond donors (Lipinski definition) is 1. The van der Waals surface area contributed by atoms with Crippen molar-refractivity contribution < 1.29 is 9.13 Å². The molecule has 2 rings (SSSR count). The highest BCUT2D eigenvalue weighted by Gasteiger charge is 2.23. The van der Waals surface area contributed by atoms with Gasteiger partial charge in [-0.25, -0.2) is 4.39 Å². The zero-order chi connectivity index (χ0) is 10.8. The number of rotatable bonds is 4. The molecule has 1 aromatic rings. The van der Waals surface area contributed by atoms with Crippen molar-refractivity contribution in [3.05, 3.63) is 28.0 Å². The van der Waals surface area contributed by atoms with E-state index in [4.69, 9.17) is 10.5 Å². The predicted octanol–water partition coefficient (Wildman–Crippen LogP) is 2.84. The maximum atomic E-state index is 13.1. The molecule has 0 radical (unpaired) electrons. The fraction of sp³-hybridized carbons (Fsp3) is 0.455. The summed E-state index contributed by atoms with van der Waals surface area (Å²) < 4.78 is 19.4. The summed E-state index contributed by atoms with van der Waals surface area (Å²) in [7, 11) is 0. The Kier molecular flexibility index (Phi) is 3.26. The monoisotopic (exact) mass is 273 g/mol. The summed E-state index contributed by atoms with van der Waals surface area (Å²) in [6, 6.07) is 2.83. The van der Waals surface area contributed by atoms with Gasteiger partial charge in [0.25, 0.3) is 0 Å². The average Bonchev–Trinajstić information content (AvgIpc) is 2.99. The van der Waals surface area contributed by atoms with Crippen molar-refractivity contribution in [1.82, 2.24) is 0 Å². The molecule has 0 spiro atoms. The lowest BCUT2D eigenvalue weighted by atomic mass is 10.2. The van der Waals surface area contributed by atoms with Gasteiger partial charge >= 0.3 is 0 Å². The van der Waals surface area contributed by atoms with Crippen molar-refractivity contribution in [2.24, 2.45) is 11.7 Å². The van der Waals surface area contributed by atoms with Crippen molar-refractivity contribution in [1.29, 1.82) is 0 Å². The molecule has 15 heavy (non-hydrogen) atoms. The van der Waals surface area contributed by atoms with E-state index < -0.39 is 0 Å². The predicted molar refractivity (Wildman–Crippen MR) is 60.2 cm³/mol. The number of ether oxygens (including phenoxy) is 1. The van der Waals surface area contributed by atoms with Crippen LogP contribution in [-0.2, 0) is 6.54 Å². The normalized spacial score (nSPS) is 15.4. The Balaban J connectivity index is 2.17. The van der Waals surface area contributed by atoms with Crippen molar-refractivity contribution in [3.63, 3.8) is 0 Å². The van der Waals surface area contributed by atoms with Crippen LogP contribution in [0.4, 0.5) is 4.39 Å². The van der Waals surface area contributed by atoms with Gasteiger partial charge in [-0.15, -0.1) is 0 Å². The molecule has 1 saturated carbocycles. The maximum Gasteiger partial charge on any atom is 0.138 e. The first kappa shape index (κ1) is 10.9. The lowest BCUT2D eigenvalue weighted by molar-refractivity contribution is 0.294. The molecule has 2 N–H and O–H groups in total. The van der Waals surface area contributed by atoms with Crippen molar-refractivity contribution >= 4 is 15.9 Å². The highest BCUT2D eigenvalue weighted by atomic mass is 79.9. The lowest BCUT2D eigenvalue weighted by Gasteiger charge is -2.12. The SMILES string of the molecule is NCc1cc(F)cc(Br)c1OCC1CC1. The minimum Gasteiger partial charge on any atom is -0.492 e. The molecule has 0 aromatic heterocycles. The van der Waals surface area contributed by atoms with Crippen molar-refractivity contribution in [3.8, 4) is 5.75 Å². The van der Waals surface area contributed by atoms with Crippen molar-refractivity contribution in [2.45, 2.75) is 19.4 Å². The van der Waals surface area contributed by atoms with Crippen LogP contribution in [0.25, 0.3) is 0 Å². The summed E-state index contributed by atoms with van der Waals surface area (Å²) in [5.74, 6) is 1.07. The van der Waals surface area contributed by atoms with E-state index in [1.807, 2.05) is 0 Å². The first-order valence-corrected chi connectivity index (χ1v) is 5.81. The zero-order valence-corrected chi connectivity index (χ0v) is 9.89. The summed E-state index contributed by atoms with van der Waals surface area (Å²) in [4.78, 5) is 0. The average molecular weight is 274 g/mol. The van der Waals surface area contributed by atoms with Gasteiger partial charge in [-0.2, -0.15) is 0 Å². The van der Waals surface area contributed by atoms with Gasteiger partial charge in [-0.05, 0) is 46.8 Å². The maximum absolute atomic E-state index is 13.1. The molecular weight excluding hydrogens is 261 g/mol. The van der Waals surface area contributed by atoms with E-state index in [0.29, 0.717) is 28.3 Å². The molecular formula is C11H13BrFNO. The number of nitrogens with two attached hydrogens (primary N) is 1. The summed E-state index contributed by atoms with van der Waals surface area (Å²) in [5.41, 5.74) is 6.25. The quantitative estimate of drug-likeness (QED) is 0.916.